The van der Waals surface area contributed by atoms with Crippen molar-refractivity contribution in [3.63, 3.8) is 0 Å². The van der Waals surface area contributed by atoms with Gasteiger partial charge in [0.15, 0.2) is 5.13 Å². The summed E-state index contributed by atoms with van der Waals surface area (Å²) in [6, 6.07) is 8.02. The zero-order valence-electron chi connectivity index (χ0n) is 19.7. The smallest absolute Gasteiger partial charge is 0.244 e. The fourth-order valence-electron chi connectivity index (χ4n) is 3.84. The molecule has 0 saturated heterocycles. The minimum Gasteiger partial charge on any atom is -0.375 e. The zero-order chi connectivity index (χ0) is 26.3. The van der Waals surface area contributed by atoms with E-state index in [1.807, 2.05) is 25.1 Å². The molecule has 0 amide bonds. The van der Waals surface area contributed by atoms with E-state index < -0.39 is 29.8 Å². The minimum atomic E-state index is -4.60. The maximum Gasteiger partial charge on any atom is 0.244 e. The summed E-state index contributed by atoms with van der Waals surface area (Å²) in [4.78, 5) is 5.19. The van der Waals surface area contributed by atoms with Gasteiger partial charge in [0.2, 0.25) is 25.9 Å². The van der Waals surface area contributed by atoms with E-state index in [9.17, 15) is 16.8 Å². The van der Waals surface area contributed by atoms with Crippen LogP contribution in [0.2, 0.25) is 0 Å². The quantitative estimate of drug-likeness (QED) is 0.269. The van der Waals surface area contributed by atoms with Gasteiger partial charge in [-0.3, -0.25) is 0 Å². The standard InChI is InChI=1S/C20H25N9O4S3/c1-28(2)10-5-11-29(3)36(32,33)15-9-8-12(13-6-4-7-14-17(13)23-20(21)34-14)16(18(15)35(22,30)31)19-24-26-27-25-19/h4,6-9H,5,10-11H2,1-3H3,(H2,21,23)(H2,22,30,31)(H,24,25,26,27). The summed E-state index contributed by atoms with van der Waals surface area (Å²) in [6.45, 7) is 0.816. The van der Waals surface area contributed by atoms with E-state index in [-0.39, 0.29) is 17.9 Å². The van der Waals surface area contributed by atoms with Crippen LogP contribution in [0.15, 0.2) is 40.1 Å². The van der Waals surface area contributed by atoms with Crippen molar-refractivity contribution in [3.8, 4) is 22.5 Å². The van der Waals surface area contributed by atoms with Crippen LogP contribution in [-0.4, -0.2) is 85.9 Å². The molecule has 13 nitrogen and oxygen atoms in total. The SMILES string of the molecule is CN(C)CCCN(C)S(=O)(=O)c1ccc(-c2cccc3sc(N)nc23)c(-c2nn[nH]n2)c1S(N)(=O)=O. The van der Waals surface area contributed by atoms with Crippen LogP contribution in [0.5, 0.6) is 0 Å². The number of nitrogen functional groups attached to an aromatic ring is 1. The lowest BCUT2D eigenvalue weighted by atomic mass is 9.98. The van der Waals surface area contributed by atoms with Crippen molar-refractivity contribution >= 4 is 46.7 Å². The number of primary sulfonamides is 1. The van der Waals surface area contributed by atoms with E-state index in [2.05, 4.69) is 25.6 Å². The molecule has 4 rings (SSSR count). The first-order valence-electron chi connectivity index (χ1n) is 10.6. The largest absolute Gasteiger partial charge is 0.375 e. The summed E-state index contributed by atoms with van der Waals surface area (Å²) in [5, 5.41) is 19.7. The summed E-state index contributed by atoms with van der Waals surface area (Å²) < 4.78 is 54.9. The van der Waals surface area contributed by atoms with Crippen molar-refractivity contribution in [2.45, 2.75) is 16.2 Å². The van der Waals surface area contributed by atoms with Gasteiger partial charge in [0.05, 0.1) is 15.8 Å². The summed E-state index contributed by atoms with van der Waals surface area (Å²) in [5.74, 6) is -0.137. The Kier molecular flexibility index (Phi) is 7.09. The Hall–Kier alpha value is -3.02. The molecule has 36 heavy (non-hydrogen) atoms. The fraction of sp³-hybridized carbons (Fsp3) is 0.300. The summed E-state index contributed by atoms with van der Waals surface area (Å²) in [7, 11) is -3.73. The number of aromatic amines is 1. The lowest BCUT2D eigenvalue weighted by Gasteiger charge is -2.22. The van der Waals surface area contributed by atoms with Gasteiger partial charge in [0, 0.05) is 19.2 Å². The molecule has 0 unspecified atom stereocenters. The number of thiazole rings is 1. The van der Waals surface area contributed by atoms with E-state index in [0.29, 0.717) is 34.7 Å². The molecule has 0 aliphatic heterocycles. The second-order valence-electron chi connectivity index (χ2n) is 8.28. The molecular weight excluding hydrogens is 526 g/mol. The normalized spacial score (nSPS) is 12.7. The number of H-pyrrole nitrogens is 1. The molecule has 2 aromatic heterocycles. The summed E-state index contributed by atoms with van der Waals surface area (Å²) in [5.41, 5.74) is 7.14. The van der Waals surface area contributed by atoms with Crippen molar-refractivity contribution < 1.29 is 16.8 Å². The molecular formula is C20H25N9O4S3. The average molecular weight is 552 g/mol. The van der Waals surface area contributed by atoms with Gasteiger partial charge in [-0.1, -0.05) is 29.5 Å². The summed E-state index contributed by atoms with van der Waals surface area (Å²) in [6.07, 6.45) is 0.538. The third-order valence-electron chi connectivity index (χ3n) is 5.47. The lowest BCUT2D eigenvalue weighted by molar-refractivity contribution is 0.370. The number of hydrogen-bond acceptors (Lipinski definition) is 11. The van der Waals surface area contributed by atoms with Gasteiger partial charge in [-0.05, 0) is 50.0 Å². The van der Waals surface area contributed by atoms with Crippen molar-refractivity contribution in [3.05, 3.63) is 30.3 Å². The molecule has 0 spiro atoms. The maximum absolute atomic E-state index is 13.6. The maximum atomic E-state index is 13.6. The van der Waals surface area contributed by atoms with E-state index in [1.165, 1.54) is 30.5 Å². The van der Waals surface area contributed by atoms with Gasteiger partial charge in [0.1, 0.15) is 9.79 Å². The Morgan fingerprint density at radius 1 is 1.03 bits per heavy atom. The second kappa shape index (κ2) is 9.79. The molecule has 4 aromatic rings. The molecule has 5 N–H and O–H groups in total. The van der Waals surface area contributed by atoms with Gasteiger partial charge in [-0.15, -0.1) is 10.2 Å². The Labute approximate surface area is 212 Å². The number of anilines is 1. The van der Waals surface area contributed by atoms with Crippen LogP contribution in [-0.2, 0) is 20.0 Å². The van der Waals surface area contributed by atoms with Gasteiger partial charge in [0.25, 0.3) is 0 Å². The average Bonchev–Trinajstić information content (AvgIpc) is 3.45. The number of para-hydroxylation sites is 1. The fourth-order valence-corrected chi connectivity index (χ4v) is 7.39. The molecule has 192 valence electrons. The molecule has 0 aliphatic carbocycles. The van der Waals surface area contributed by atoms with Crippen LogP contribution in [0.3, 0.4) is 0 Å². The number of nitrogens with two attached hydrogens (primary N) is 2. The number of sulfonamides is 2. The molecule has 2 heterocycles. The van der Waals surface area contributed by atoms with Crippen LogP contribution in [0.1, 0.15) is 6.42 Å². The Balaban J connectivity index is 2.01. The Morgan fingerprint density at radius 3 is 2.42 bits per heavy atom. The van der Waals surface area contributed by atoms with Crippen molar-refractivity contribution in [1.82, 2.24) is 34.8 Å². The zero-order valence-corrected chi connectivity index (χ0v) is 22.2. The lowest BCUT2D eigenvalue weighted by Crippen LogP contribution is -2.31. The van der Waals surface area contributed by atoms with Crippen LogP contribution in [0.4, 0.5) is 5.13 Å². The first-order chi connectivity index (χ1) is 16.9. The van der Waals surface area contributed by atoms with E-state index in [1.54, 1.807) is 12.1 Å². The van der Waals surface area contributed by atoms with Crippen molar-refractivity contribution in [1.29, 1.82) is 0 Å². The molecule has 0 atom stereocenters. The molecule has 0 radical (unpaired) electrons. The predicted octanol–water partition coefficient (Wildman–Crippen LogP) is 0.945. The molecule has 0 saturated carbocycles. The molecule has 16 heteroatoms. The third kappa shape index (κ3) is 4.95. The minimum absolute atomic E-state index is 0.104. The van der Waals surface area contributed by atoms with E-state index in [4.69, 9.17) is 10.9 Å². The van der Waals surface area contributed by atoms with E-state index >= 15 is 0 Å². The highest BCUT2D eigenvalue weighted by Crippen LogP contribution is 2.42. The van der Waals surface area contributed by atoms with Gasteiger partial charge in [-0.25, -0.2) is 31.3 Å². The topological polar surface area (TPSA) is 194 Å². The first kappa shape index (κ1) is 26.1. The number of hydrogen-bond donors (Lipinski definition) is 3. The number of nitrogens with one attached hydrogen (secondary N) is 1. The van der Waals surface area contributed by atoms with Gasteiger partial charge >= 0.3 is 0 Å². The first-order valence-corrected chi connectivity index (χ1v) is 14.4. The highest BCUT2D eigenvalue weighted by atomic mass is 32.2. The molecule has 0 fully saturated rings. The number of rotatable bonds is 9. The van der Waals surface area contributed by atoms with Gasteiger partial charge < -0.3 is 10.6 Å². The van der Waals surface area contributed by atoms with E-state index in [0.717, 1.165) is 9.01 Å². The Bertz CT molecular complexity index is 1620. The van der Waals surface area contributed by atoms with Crippen LogP contribution in [0.25, 0.3) is 32.7 Å². The number of fused-ring (bicyclic) bond motifs is 1. The predicted molar refractivity (Wildman–Crippen MR) is 137 cm³/mol. The molecule has 2 aromatic carbocycles. The van der Waals surface area contributed by atoms with Crippen LogP contribution in [0, 0.1) is 0 Å². The highest BCUT2D eigenvalue weighted by molar-refractivity contribution is 7.92. The van der Waals surface area contributed by atoms with Crippen LogP contribution >= 0.6 is 11.3 Å². The van der Waals surface area contributed by atoms with Crippen LogP contribution < -0.4 is 10.9 Å². The highest BCUT2D eigenvalue weighted by Gasteiger charge is 2.34. The summed E-state index contributed by atoms with van der Waals surface area (Å²) >= 11 is 1.26. The molecule has 0 bridgehead atoms. The molecule has 0 aliphatic rings. The van der Waals surface area contributed by atoms with Crippen molar-refractivity contribution in [2.24, 2.45) is 5.14 Å². The third-order valence-corrected chi connectivity index (χ3v) is 9.34. The number of tetrazole rings is 1. The number of nitrogens with zero attached hydrogens (tertiary/aromatic N) is 6. The second-order valence-corrected chi connectivity index (χ2v) is 12.9. The Morgan fingerprint density at radius 2 is 1.78 bits per heavy atom. The van der Waals surface area contributed by atoms with Gasteiger partial charge in [-0.2, -0.15) is 5.21 Å². The number of benzene rings is 2. The van der Waals surface area contributed by atoms with Crippen molar-refractivity contribution in [2.75, 3.05) is 40.0 Å². The number of aromatic nitrogens is 5. The monoisotopic (exact) mass is 551 g/mol.